The zero-order valence-electron chi connectivity index (χ0n) is 16.7. The van der Waals surface area contributed by atoms with Crippen LogP contribution in [0.2, 0.25) is 0 Å². The minimum atomic E-state index is -0.697. The number of nitrogens with zero attached hydrogens (tertiary/aromatic N) is 1. The van der Waals surface area contributed by atoms with E-state index in [2.05, 4.69) is 51.2 Å². The molecule has 1 aromatic heterocycles. The molecule has 2 N–H and O–H groups in total. The van der Waals surface area contributed by atoms with Gasteiger partial charge in [-0.1, -0.05) is 24.3 Å². The zero-order chi connectivity index (χ0) is 20.6. The Morgan fingerprint density at radius 1 is 1.07 bits per heavy atom. The largest absolute Gasteiger partial charge is 0.354 e. The van der Waals surface area contributed by atoms with Crippen molar-refractivity contribution in [3.05, 3.63) is 57.8 Å². The molecule has 7 nitrogen and oxygen atoms in total. The summed E-state index contributed by atoms with van der Waals surface area (Å²) < 4.78 is 10.0. The lowest BCUT2D eigenvalue weighted by atomic mass is 9.97. The van der Waals surface area contributed by atoms with Crippen molar-refractivity contribution in [1.82, 2.24) is 15.5 Å². The number of rotatable bonds is 8. The van der Waals surface area contributed by atoms with Crippen LogP contribution in [0.25, 0.3) is 0 Å². The number of carbonyl (C=O) groups is 2. The van der Waals surface area contributed by atoms with Crippen LogP contribution in [-0.2, 0) is 32.0 Å². The highest BCUT2D eigenvalue weighted by Crippen LogP contribution is 2.28. The van der Waals surface area contributed by atoms with Crippen LogP contribution in [0.1, 0.15) is 22.7 Å². The Kier molecular flexibility index (Phi) is 7.76. The van der Waals surface area contributed by atoms with Gasteiger partial charge >= 0.3 is 11.8 Å². The second-order valence-electron chi connectivity index (χ2n) is 6.88. The summed E-state index contributed by atoms with van der Waals surface area (Å²) in [4.78, 5) is 26.7. The molecule has 0 aliphatic carbocycles. The number of hydrogen-bond acceptors (Lipinski definition) is 6. The maximum Gasteiger partial charge on any atom is 0.309 e. The molecule has 8 heteroatoms. The van der Waals surface area contributed by atoms with Gasteiger partial charge in [0, 0.05) is 33.9 Å². The fraction of sp³-hybridized carbons (Fsp3) is 0.429. The Hall–Kier alpha value is -2.26. The molecule has 1 aliphatic rings. The van der Waals surface area contributed by atoms with Crippen LogP contribution < -0.4 is 10.6 Å². The van der Waals surface area contributed by atoms with Gasteiger partial charge in [-0.05, 0) is 39.9 Å². The summed E-state index contributed by atoms with van der Waals surface area (Å²) in [5.41, 5.74) is 3.84. The number of carbonyl (C=O) groups excluding carboxylic acids is 2. The third kappa shape index (κ3) is 5.63. The van der Waals surface area contributed by atoms with Crippen LogP contribution in [-0.4, -0.2) is 56.9 Å². The average molecular weight is 418 g/mol. The van der Waals surface area contributed by atoms with Crippen molar-refractivity contribution in [2.24, 2.45) is 0 Å². The summed E-state index contributed by atoms with van der Waals surface area (Å²) in [5.74, 6) is -1.36. The SMILES string of the molecule is COC(CNC(=O)C(=O)NCC(c1ccsc1)N1CCc2ccccc2C1)OC. The molecule has 1 unspecified atom stereocenters. The third-order valence-corrected chi connectivity index (χ3v) is 5.85. The van der Waals surface area contributed by atoms with Crippen LogP contribution in [0.4, 0.5) is 0 Å². The molecule has 0 fully saturated rings. The normalized spacial score (nSPS) is 15.0. The monoisotopic (exact) mass is 417 g/mol. The second kappa shape index (κ2) is 10.5. The second-order valence-corrected chi connectivity index (χ2v) is 7.66. The van der Waals surface area contributed by atoms with Crippen LogP contribution in [0.3, 0.4) is 0 Å². The molecule has 0 spiro atoms. The first-order valence-electron chi connectivity index (χ1n) is 9.57. The summed E-state index contributed by atoms with van der Waals surface area (Å²) in [6.45, 7) is 2.20. The lowest BCUT2D eigenvalue weighted by Crippen LogP contribution is -2.46. The Bertz CT molecular complexity index is 808. The molecule has 0 bridgehead atoms. The first-order chi connectivity index (χ1) is 14.1. The van der Waals surface area contributed by atoms with E-state index in [-0.39, 0.29) is 12.6 Å². The van der Waals surface area contributed by atoms with Gasteiger partial charge in [0.2, 0.25) is 0 Å². The molecule has 1 aromatic carbocycles. The molecule has 1 aliphatic heterocycles. The van der Waals surface area contributed by atoms with Gasteiger partial charge in [-0.25, -0.2) is 0 Å². The van der Waals surface area contributed by atoms with E-state index < -0.39 is 18.1 Å². The first-order valence-corrected chi connectivity index (χ1v) is 10.5. The molecule has 156 valence electrons. The van der Waals surface area contributed by atoms with E-state index in [9.17, 15) is 9.59 Å². The molecule has 2 amide bonds. The van der Waals surface area contributed by atoms with Crippen molar-refractivity contribution in [2.45, 2.75) is 25.3 Å². The topological polar surface area (TPSA) is 79.9 Å². The maximum absolute atomic E-state index is 12.3. The maximum atomic E-state index is 12.3. The molecule has 29 heavy (non-hydrogen) atoms. The van der Waals surface area contributed by atoms with Gasteiger partial charge in [-0.2, -0.15) is 11.3 Å². The van der Waals surface area contributed by atoms with Crippen molar-refractivity contribution in [1.29, 1.82) is 0 Å². The number of amides is 2. The highest BCUT2D eigenvalue weighted by atomic mass is 32.1. The number of fused-ring (bicyclic) bond motifs is 1. The fourth-order valence-corrected chi connectivity index (χ4v) is 4.20. The number of thiophene rings is 1. The number of ether oxygens (including phenoxy) is 2. The molecular formula is C21H27N3O4S. The molecule has 0 radical (unpaired) electrons. The number of hydrogen-bond donors (Lipinski definition) is 2. The number of benzene rings is 1. The lowest BCUT2D eigenvalue weighted by Gasteiger charge is -2.35. The van der Waals surface area contributed by atoms with E-state index in [1.165, 1.54) is 25.3 Å². The summed E-state index contributed by atoms with van der Waals surface area (Å²) in [6.07, 6.45) is 0.388. The van der Waals surface area contributed by atoms with Gasteiger partial charge in [0.25, 0.3) is 0 Å². The van der Waals surface area contributed by atoms with Crippen molar-refractivity contribution in [3.63, 3.8) is 0 Å². The Morgan fingerprint density at radius 2 is 1.76 bits per heavy atom. The van der Waals surface area contributed by atoms with Crippen molar-refractivity contribution in [2.75, 3.05) is 33.9 Å². The minimum Gasteiger partial charge on any atom is -0.354 e. The third-order valence-electron chi connectivity index (χ3n) is 5.15. The van der Waals surface area contributed by atoms with E-state index in [1.807, 2.05) is 5.38 Å². The van der Waals surface area contributed by atoms with Crippen molar-refractivity contribution >= 4 is 23.2 Å². The van der Waals surface area contributed by atoms with E-state index in [0.29, 0.717) is 6.54 Å². The average Bonchev–Trinajstić information content (AvgIpc) is 3.28. The Balaban J connectivity index is 1.61. The highest BCUT2D eigenvalue weighted by molar-refractivity contribution is 7.08. The van der Waals surface area contributed by atoms with Gasteiger partial charge in [0.1, 0.15) is 0 Å². The highest BCUT2D eigenvalue weighted by Gasteiger charge is 2.26. The van der Waals surface area contributed by atoms with Gasteiger partial charge in [0.05, 0.1) is 12.6 Å². The van der Waals surface area contributed by atoms with Gasteiger partial charge < -0.3 is 20.1 Å². The van der Waals surface area contributed by atoms with Gasteiger partial charge in [-0.3, -0.25) is 14.5 Å². The summed E-state index contributed by atoms with van der Waals surface area (Å²) in [7, 11) is 2.95. The standard InChI is InChI=1S/C21H27N3O4S/c1-27-19(28-2)12-23-21(26)20(25)22-11-18(17-8-10-29-14-17)24-9-7-15-5-3-4-6-16(15)13-24/h3-6,8,10,14,18-19H,7,9,11-13H2,1-2H3,(H,22,25)(H,23,26). The Labute approximate surface area is 175 Å². The fourth-order valence-electron chi connectivity index (χ4n) is 3.49. The van der Waals surface area contributed by atoms with E-state index >= 15 is 0 Å². The van der Waals surface area contributed by atoms with Crippen LogP contribution in [0, 0.1) is 0 Å². The van der Waals surface area contributed by atoms with Gasteiger partial charge in [0.15, 0.2) is 6.29 Å². The van der Waals surface area contributed by atoms with Gasteiger partial charge in [-0.15, -0.1) is 0 Å². The van der Waals surface area contributed by atoms with E-state index in [1.54, 1.807) is 11.3 Å². The van der Waals surface area contributed by atoms with Crippen molar-refractivity contribution < 1.29 is 19.1 Å². The first kappa shape index (κ1) is 21.4. The Morgan fingerprint density at radius 3 is 2.41 bits per heavy atom. The quantitative estimate of drug-likeness (QED) is 0.505. The molecular weight excluding hydrogens is 390 g/mol. The van der Waals surface area contributed by atoms with E-state index in [4.69, 9.17) is 9.47 Å². The lowest BCUT2D eigenvalue weighted by molar-refractivity contribution is -0.141. The van der Waals surface area contributed by atoms with Crippen LogP contribution in [0.15, 0.2) is 41.1 Å². The molecule has 0 saturated carbocycles. The van der Waals surface area contributed by atoms with Crippen LogP contribution in [0.5, 0.6) is 0 Å². The molecule has 2 heterocycles. The smallest absolute Gasteiger partial charge is 0.309 e. The summed E-state index contributed by atoms with van der Waals surface area (Å²) >= 11 is 1.63. The number of methoxy groups -OCH3 is 2. The predicted molar refractivity (Wildman–Crippen MR) is 111 cm³/mol. The van der Waals surface area contributed by atoms with Crippen molar-refractivity contribution in [3.8, 4) is 0 Å². The predicted octanol–water partition coefficient (Wildman–Crippen LogP) is 1.70. The molecule has 0 saturated heterocycles. The number of nitrogens with one attached hydrogen (secondary N) is 2. The summed E-state index contributed by atoms with van der Waals surface area (Å²) in [5, 5.41) is 9.43. The van der Waals surface area contributed by atoms with Crippen LogP contribution >= 0.6 is 11.3 Å². The molecule has 1 atom stereocenters. The molecule has 3 rings (SSSR count). The van der Waals surface area contributed by atoms with E-state index in [0.717, 1.165) is 25.1 Å². The molecule has 2 aromatic rings. The zero-order valence-corrected chi connectivity index (χ0v) is 17.5. The minimum absolute atomic E-state index is 0.0112. The summed E-state index contributed by atoms with van der Waals surface area (Å²) in [6, 6.07) is 10.5.